The third-order valence-corrected chi connectivity index (χ3v) is 4.17. The zero-order valence-electron chi connectivity index (χ0n) is 9.92. The molecule has 0 unspecified atom stereocenters. The zero-order valence-corrected chi connectivity index (χ0v) is 12.3. The Balaban J connectivity index is 1.87. The van der Waals surface area contributed by atoms with Crippen molar-refractivity contribution in [2.75, 3.05) is 11.9 Å². The van der Waals surface area contributed by atoms with Gasteiger partial charge in [-0.25, -0.2) is 4.98 Å². The van der Waals surface area contributed by atoms with Crippen LogP contribution in [0, 0.1) is 11.8 Å². The maximum atomic E-state index is 5.77. The third kappa shape index (κ3) is 3.81. The molecule has 0 radical (unpaired) electrons. The molecule has 0 saturated heterocycles. The molecule has 1 aliphatic rings. The monoisotopic (exact) mass is 317 g/mol. The molecule has 17 heavy (non-hydrogen) atoms. The number of halogens is 2. The Hall–Kier alpha value is -0.350. The van der Waals surface area contributed by atoms with Gasteiger partial charge in [-0.3, -0.25) is 0 Å². The first-order valence-corrected chi connectivity index (χ1v) is 7.24. The number of nitrogens with zero attached hydrogens (tertiary/aromatic N) is 2. The average Bonchev–Trinajstić information content (AvgIpc) is 2.32. The van der Waals surface area contributed by atoms with Crippen LogP contribution in [0.25, 0.3) is 0 Å². The molecule has 1 aromatic rings. The second kappa shape index (κ2) is 6.01. The largest absolute Gasteiger partial charge is 0.369 e. The van der Waals surface area contributed by atoms with Crippen molar-refractivity contribution in [2.24, 2.45) is 11.8 Å². The fourth-order valence-corrected chi connectivity index (χ4v) is 2.71. The van der Waals surface area contributed by atoms with Gasteiger partial charge in [-0.2, -0.15) is 4.98 Å². The minimum Gasteiger partial charge on any atom is -0.369 e. The molecular formula is C12H17BrClN3. The molecule has 1 N–H and O–H groups in total. The molecule has 1 aromatic heterocycles. The lowest BCUT2D eigenvalue weighted by molar-refractivity contribution is 0.300. The lowest BCUT2D eigenvalue weighted by Crippen LogP contribution is -2.20. The molecule has 2 rings (SSSR count). The summed E-state index contributed by atoms with van der Waals surface area (Å²) in [4.78, 5) is 8.08. The maximum absolute atomic E-state index is 5.77. The highest BCUT2D eigenvalue weighted by atomic mass is 79.9. The van der Waals surface area contributed by atoms with Crippen molar-refractivity contribution >= 4 is 33.3 Å². The van der Waals surface area contributed by atoms with E-state index in [0.717, 1.165) is 28.7 Å². The first-order chi connectivity index (χ1) is 8.15. The second-order valence-corrected chi connectivity index (χ2v) is 6.03. The molecule has 0 aliphatic heterocycles. The maximum Gasteiger partial charge on any atom is 0.224 e. The van der Waals surface area contributed by atoms with E-state index >= 15 is 0 Å². The molecule has 1 fully saturated rings. The number of hydrogen-bond acceptors (Lipinski definition) is 3. The molecule has 3 nitrogen and oxygen atoms in total. The van der Waals surface area contributed by atoms with Crippen molar-refractivity contribution < 1.29 is 0 Å². The number of rotatable bonds is 3. The number of anilines is 1. The van der Waals surface area contributed by atoms with Crippen LogP contribution in [0.3, 0.4) is 0 Å². The first kappa shape index (κ1) is 13.1. The van der Waals surface area contributed by atoms with Gasteiger partial charge in [-0.1, -0.05) is 19.8 Å². The number of aromatic nitrogens is 2. The van der Waals surface area contributed by atoms with E-state index in [1.54, 1.807) is 6.20 Å². The lowest BCUT2D eigenvalue weighted by atomic mass is 9.83. The molecule has 0 aromatic carbocycles. The number of hydrogen-bond donors (Lipinski definition) is 1. The van der Waals surface area contributed by atoms with Crippen molar-refractivity contribution in [1.82, 2.24) is 9.97 Å². The van der Waals surface area contributed by atoms with Crippen molar-refractivity contribution in [3.8, 4) is 0 Å². The molecule has 5 heteroatoms. The van der Waals surface area contributed by atoms with E-state index in [2.05, 4.69) is 38.1 Å². The van der Waals surface area contributed by atoms with Crippen LogP contribution in [0.1, 0.15) is 32.6 Å². The summed E-state index contributed by atoms with van der Waals surface area (Å²) in [5, 5.41) is 3.64. The van der Waals surface area contributed by atoms with E-state index in [1.165, 1.54) is 25.7 Å². The van der Waals surface area contributed by atoms with Crippen LogP contribution < -0.4 is 5.32 Å². The molecule has 1 heterocycles. The second-order valence-electron chi connectivity index (χ2n) is 4.84. The Kier molecular flexibility index (Phi) is 4.62. The summed E-state index contributed by atoms with van der Waals surface area (Å²) in [5.41, 5.74) is 0. The summed E-state index contributed by atoms with van der Waals surface area (Å²) < 4.78 is 0.867. The van der Waals surface area contributed by atoms with Crippen LogP contribution in [0.4, 0.5) is 5.82 Å². The van der Waals surface area contributed by atoms with Gasteiger partial charge in [0, 0.05) is 12.7 Å². The fraction of sp³-hybridized carbons (Fsp3) is 0.667. The third-order valence-electron chi connectivity index (χ3n) is 3.41. The van der Waals surface area contributed by atoms with E-state index in [0.29, 0.717) is 0 Å². The van der Waals surface area contributed by atoms with Gasteiger partial charge in [-0.05, 0) is 52.2 Å². The molecule has 0 atom stereocenters. The first-order valence-electron chi connectivity index (χ1n) is 6.07. The van der Waals surface area contributed by atoms with Crippen molar-refractivity contribution in [1.29, 1.82) is 0 Å². The Bertz CT molecular complexity index is 378. The van der Waals surface area contributed by atoms with Crippen molar-refractivity contribution in [2.45, 2.75) is 32.6 Å². The smallest absolute Gasteiger partial charge is 0.224 e. The SMILES string of the molecule is CC1CCC(CNc2nc(Cl)ncc2Br)CC1. The van der Waals surface area contributed by atoms with Crippen LogP contribution >= 0.6 is 27.5 Å². The molecule has 0 bridgehead atoms. The highest BCUT2D eigenvalue weighted by molar-refractivity contribution is 9.10. The van der Waals surface area contributed by atoms with E-state index in [-0.39, 0.29) is 5.28 Å². The number of nitrogens with one attached hydrogen (secondary N) is 1. The van der Waals surface area contributed by atoms with Gasteiger partial charge in [0.1, 0.15) is 5.82 Å². The molecular weight excluding hydrogens is 302 g/mol. The molecule has 1 saturated carbocycles. The predicted molar refractivity (Wildman–Crippen MR) is 74.4 cm³/mol. The Morgan fingerprint density at radius 2 is 2.12 bits per heavy atom. The summed E-state index contributed by atoms with van der Waals surface area (Å²) in [5.74, 6) is 2.45. The topological polar surface area (TPSA) is 37.8 Å². The van der Waals surface area contributed by atoms with Crippen LogP contribution in [-0.4, -0.2) is 16.5 Å². The normalized spacial score (nSPS) is 24.6. The van der Waals surface area contributed by atoms with Crippen LogP contribution in [0.2, 0.25) is 5.28 Å². The van der Waals surface area contributed by atoms with Gasteiger partial charge in [0.25, 0.3) is 0 Å². The van der Waals surface area contributed by atoms with Gasteiger partial charge >= 0.3 is 0 Å². The standard InChI is InChI=1S/C12H17BrClN3/c1-8-2-4-9(5-3-8)6-15-11-10(13)7-16-12(14)17-11/h7-9H,2-6H2,1H3,(H,15,16,17). The van der Waals surface area contributed by atoms with Crippen LogP contribution in [0.5, 0.6) is 0 Å². The molecule has 1 aliphatic carbocycles. The average molecular weight is 319 g/mol. The minimum absolute atomic E-state index is 0.285. The van der Waals surface area contributed by atoms with Crippen molar-refractivity contribution in [3.05, 3.63) is 16.0 Å². The van der Waals surface area contributed by atoms with Gasteiger partial charge in [0.05, 0.1) is 4.47 Å². The molecule has 94 valence electrons. The van der Waals surface area contributed by atoms with Gasteiger partial charge in [-0.15, -0.1) is 0 Å². The fourth-order valence-electron chi connectivity index (χ4n) is 2.24. The van der Waals surface area contributed by atoms with E-state index in [1.807, 2.05) is 0 Å². The Morgan fingerprint density at radius 1 is 1.41 bits per heavy atom. The highest BCUT2D eigenvalue weighted by Gasteiger charge is 2.18. The lowest BCUT2D eigenvalue weighted by Gasteiger charge is -2.26. The quantitative estimate of drug-likeness (QED) is 0.852. The predicted octanol–water partition coefficient (Wildman–Crippen LogP) is 4.13. The van der Waals surface area contributed by atoms with E-state index in [9.17, 15) is 0 Å². The van der Waals surface area contributed by atoms with E-state index in [4.69, 9.17) is 11.6 Å². The van der Waals surface area contributed by atoms with E-state index < -0.39 is 0 Å². The summed E-state index contributed by atoms with van der Waals surface area (Å²) in [6.07, 6.45) is 6.99. The van der Waals surface area contributed by atoms with Crippen LogP contribution in [-0.2, 0) is 0 Å². The highest BCUT2D eigenvalue weighted by Crippen LogP contribution is 2.29. The van der Waals surface area contributed by atoms with Gasteiger partial charge < -0.3 is 5.32 Å². The summed E-state index contributed by atoms with van der Waals surface area (Å²) in [6.45, 7) is 3.31. The van der Waals surface area contributed by atoms with Crippen molar-refractivity contribution in [3.63, 3.8) is 0 Å². The zero-order chi connectivity index (χ0) is 12.3. The summed E-state index contributed by atoms with van der Waals surface area (Å²) in [7, 11) is 0. The Morgan fingerprint density at radius 3 is 2.82 bits per heavy atom. The summed E-state index contributed by atoms with van der Waals surface area (Å²) >= 11 is 9.19. The van der Waals surface area contributed by atoms with Gasteiger partial charge in [0.2, 0.25) is 5.28 Å². The van der Waals surface area contributed by atoms with Crippen LogP contribution in [0.15, 0.2) is 10.7 Å². The van der Waals surface area contributed by atoms with Gasteiger partial charge in [0.15, 0.2) is 0 Å². The molecule has 0 amide bonds. The Labute approximate surface area is 116 Å². The molecule has 0 spiro atoms. The summed E-state index contributed by atoms with van der Waals surface area (Å²) in [6, 6.07) is 0. The minimum atomic E-state index is 0.285.